The van der Waals surface area contributed by atoms with E-state index in [1.165, 1.54) is 0 Å². The van der Waals surface area contributed by atoms with Gasteiger partial charge in [-0.25, -0.2) is 0 Å². The summed E-state index contributed by atoms with van der Waals surface area (Å²) in [5, 5.41) is 3.50. The van der Waals surface area contributed by atoms with Crippen LogP contribution in [0.25, 0.3) is 86.2 Å². The molecule has 0 spiro atoms. The van der Waals surface area contributed by atoms with Crippen LogP contribution < -0.4 is 4.90 Å². The van der Waals surface area contributed by atoms with Crippen molar-refractivity contribution in [2.75, 3.05) is 4.90 Å². The maximum atomic E-state index is 9.88. The summed E-state index contributed by atoms with van der Waals surface area (Å²) in [5.74, 6) is 0. The summed E-state index contributed by atoms with van der Waals surface area (Å²) in [6, 6.07) is 35.8. The smallest absolute Gasteiger partial charge is 0.0645 e. The minimum atomic E-state index is -0.728. The second-order valence-electron chi connectivity index (χ2n) is 13.8. The Morgan fingerprint density at radius 1 is 0.345 bits per heavy atom. The maximum Gasteiger partial charge on any atom is 0.0645 e. The van der Waals surface area contributed by atoms with E-state index in [0.717, 1.165) is 59.3 Å². The molecule has 0 unspecified atom stereocenters. The highest BCUT2D eigenvalue weighted by Gasteiger charge is 2.20. The Balaban J connectivity index is 1.19. The summed E-state index contributed by atoms with van der Waals surface area (Å²) in [6.07, 6.45) is 0. The molecule has 1 heterocycles. The minimum absolute atomic E-state index is 0.140. The number of hydrogen-bond donors (Lipinski definition) is 0. The molecule has 272 valence electrons. The molecule has 11 aromatic rings. The van der Waals surface area contributed by atoms with Gasteiger partial charge in [-0.05, 0) is 108 Å². The molecule has 0 saturated heterocycles. The summed E-state index contributed by atoms with van der Waals surface area (Å²) in [5.41, 5.74) is 2.96. The van der Waals surface area contributed by atoms with E-state index >= 15 is 0 Å². The first-order chi connectivity index (χ1) is 34.6. The zero-order chi connectivity index (χ0) is 50.6. The third kappa shape index (κ3) is 5.94. The fraction of sp³-hybridized carbons (Fsp3) is 0. The van der Waals surface area contributed by atoms with E-state index in [9.17, 15) is 8.22 Å². The van der Waals surface area contributed by atoms with Gasteiger partial charge in [-0.15, -0.1) is 11.3 Å². The number of benzene rings is 10. The van der Waals surface area contributed by atoms with Crippen LogP contribution in [-0.2, 0) is 0 Å². The highest BCUT2D eigenvalue weighted by Crippen LogP contribution is 2.47. The summed E-state index contributed by atoms with van der Waals surface area (Å²) in [6.45, 7) is 0. The van der Waals surface area contributed by atoms with Crippen LogP contribution in [0.15, 0.2) is 224 Å². The normalized spacial score (nSPS) is 14.8. The van der Waals surface area contributed by atoms with Crippen molar-refractivity contribution >= 4 is 70.1 Å². The molecule has 0 aliphatic heterocycles. The molecular weight excluding hydrogens is 719 g/mol. The van der Waals surface area contributed by atoms with Gasteiger partial charge in [-0.3, -0.25) is 0 Å². The van der Waals surface area contributed by atoms with Crippen molar-refractivity contribution in [3.05, 3.63) is 224 Å². The number of fused-ring (bicyclic) bond motifs is 6. The summed E-state index contributed by atoms with van der Waals surface area (Å²) in [7, 11) is 0. The molecule has 0 atom stereocenters. The van der Waals surface area contributed by atoms with Gasteiger partial charge in [0, 0.05) is 26.8 Å². The van der Waals surface area contributed by atoms with Crippen molar-refractivity contribution in [2.24, 2.45) is 0 Å². The molecule has 0 aliphatic carbocycles. The van der Waals surface area contributed by atoms with Crippen LogP contribution in [0.3, 0.4) is 0 Å². The minimum Gasteiger partial charge on any atom is -0.309 e. The van der Waals surface area contributed by atoms with E-state index < -0.39 is 101 Å². The highest BCUT2D eigenvalue weighted by atomic mass is 32.1. The molecule has 1 nitrogen and oxygen atoms in total. The van der Waals surface area contributed by atoms with Crippen molar-refractivity contribution in [3.8, 4) is 44.5 Å². The lowest BCUT2D eigenvalue weighted by Gasteiger charge is -2.26. The predicted molar refractivity (Wildman–Crippen MR) is 251 cm³/mol. The molecule has 10 aromatic carbocycles. The fourth-order valence-corrected chi connectivity index (χ4v) is 9.04. The van der Waals surface area contributed by atoms with E-state index in [1.807, 2.05) is 109 Å². The molecule has 0 aliphatic rings. The average molecular weight is 770 g/mol. The van der Waals surface area contributed by atoms with E-state index in [0.29, 0.717) is 11.4 Å². The Morgan fingerprint density at radius 3 is 1.84 bits per heavy atom. The van der Waals surface area contributed by atoms with Gasteiger partial charge < -0.3 is 4.90 Å². The van der Waals surface area contributed by atoms with Crippen molar-refractivity contribution in [1.29, 1.82) is 0 Å². The Kier molecular flexibility index (Phi) is 5.56. The van der Waals surface area contributed by atoms with Gasteiger partial charge in [0.05, 0.1) is 29.6 Å². The summed E-state index contributed by atoms with van der Waals surface area (Å²) in [4.78, 5) is 1.70. The quantitative estimate of drug-likeness (QED) is 0.156. The van der Waals surface area contributed by atoms with Gasteiger partial charge in [0.1, 0.15) is 0 Å². The zero-order valence-corrected chi connectivity index (χ0v) is 31.5. The molecular formula is C56H37NS. The summed E-state index contributed by atoms with van der Waals surface area (Å²) >= 11 is 1.55. The van der Waals surface area contributed by atoms with Crippen molar-refractivity contribution in [3.63, 3.8) is 0 Å². The highest BCUT2D eigenvalue weighted by molar-refractivity contribution is 7.27. The van der Waals surface area contributed by atoms with E-state index in [-0.39, 0.29) is 22.0 Å². The van der Waals surface area contributed by atoms with Crippen LogP contribution >= 0.6 is 11.3 Å². The first kappa shape index (κ1) is 22.5. The lowest BCUT2D eigenvalue weighted by molar-refractivity contribution is 1.30. The maximum absolute atomic E-state index is 9.88. The summed E-state index contributed by atoms with van der Waals surface area (Å²) < 4.78 is 129. The molecule has 0 radical (unpaired) electrons. The molecule has 0 fully saturated rings. The van der Waals surface area contributed by atoms with Crippen LogP contribution in [0.1, 0.15) is 19.2 Å². The van der Waals surface area contributed by atoms with Gasteiger partial charge in [0.15, 0.2) is 0 Å². The molecule has 1 aromatic heterocycles. The average Bonchev–Trinajstić information content (AvgIpc) is 3.79. The topological polar surface area (TPSA) is 3.24 Å². The van der Waals surface area contributed by atoms with Gasteiger partial charge in [0.25, 0.3) is 0 Å². The number of nitrogens with zero attached hydrogens (tertiary/aromatic N) is 1. The standard InChI is InChI=1S/C56H37NS/c1-3-14-39(15-4-1)47-20-11-12-21-48(47)42-28-33-46(34-29-42)57(54-25-13-24-51-52-35-30-41-18-7-10-23-50(41)55(52)58-56(51)54)45-31-26-38(27-32-45)44-36-43-19-8-9-22-49(43)53(37-44)40-16-5-2-6-17-40/h1-37H/i2D,5D,6D,8D,9D,16D,17D,19D,26D,27D,31D,32D,36D,37D. The molecule has 2 heteroatoms. The largest absolute Gasteiger partial charge is 0.309 e. The molecule has 0 bridgehead atoms. The number of thiophene rings is 1. The van der Waals surface area contributed by atoms with Gasteiger partial charge in [0.2, 0.25) is 0 Å². The van der Waals surface area contributed by atoms with Gasteiger partial charge in [-0.2, -0.15) is 0 Å². The monoisotopic (exact) mass is 769 g/mol. The van der Waals surface area contributed by atoms with E-state index in [4.69, 9.17) is 11.0 Å². The third-order valence-electron chi connectivity index (χ3n) is 10.4. The van der Waals surface area contributed by atoms with Crippen LogP contribution in [0, 0.1) is 0 Å². The Hall–Kier alpha value is -7.26. The second-order valence-corrected chi connectivity index (χ2v) is 14.8. The second kappa shape index (κ2) is 14.4. The molecule has 11 rings (SSSR count). The van der Waals surface area contributed by atoms with Gasteiger partial charge >= 0.3 is 0 Å². The molecule has 0 saturated carbocycles. The number of anilines is 3. The third-order valence-corrected chi connectivity index (χ3v) is 11.7. The van der Waals surface area contributed by atoms with Crippen molar-refractivity contribution < 1.29 is 19.2 Å². The molecule has 58 heavy (non-hydrogen) atoms. The van der Waals surface area contributed by atoms with E-state index in [2.05, 4.69) is 24.3 Å². The fourth-order valence-electron chi connectivity index (χ4n) is 7.70. The Bertz CT molecular complexity index is 4040. The molecule has 0 N–H and O–H groups in total. The Morgan fingerprint density at radius 2 is 1.03 bits per heavy atom. The number of rotatable bonds is 7. The number of hydrogen-bond acceptors (Lipinski definition) is 2. The lowest BCUT2D eigenvalue weighted by atomic mass is 9.93. The van der Waals surface area contributed by atoms with Crippen molar-refractivity contribution in [2.45, 2.75) is 0 Å². The lowest BCUT2D eigenvalue weighted by Crippen LogP contribution is -2.10. The zero-order valence-electron chi connectivity index (χ0n) is 44.6. The molecule has 0 amide bonds. The van der Waals surface area contributed by atoms with Gasteiger partial charge in [-0.1, -0.05) is 182 Å². The van der Waals surface area contributed by atoms with Crippen molar-refractivity contribution in [1.82, 2.24) is 0 Å². The SMILES string of the molecule is [2H]c1cc2c(-c3c([2H])c([2H])c([2H])c([2H])c3[2H])c([2H])c(-c3c([2H])c([2H])c(N(c4ccc(-c5ccccc5-c5ccccc5)cc4)c4cccc5c4sc4c6ccccc6ccc54)c([2H])c3[2H])c([2H])c2c([2H])c1[2H]. The first-order valence-electron chi connectivity index (χ1n) is 25.7. The van der Waals surface area contributed by atoms with Crippen LogP contribution in [0.2, 0.25) is 0 Å². The van der Waals surface area contributed by atoms with Crippen LogP contribution in [0.4, 0.5) is 17.1 Å². The predicted octanol–water partition coefficient (Wildman–Crippen LogP) is 16.5. The van der Waals surface area contributed by atoms with Crippen LogP contribution in [0.5, 0.6) is 0 Å². The van der Waals surface area contributed by atoms with E-state index in [1.54, 1.807) is 16.2 Å². The Labute approximate surface area is 362 Å². The first-order valence-corrected chi connectivity index (χ1v) is 19.5. The van der Waals surface area contributed by atoms with Crippen LogP contribution in [-0.4, -0.2) is 0 Å².